The highest BCUT2D eigenvalue weighted by Gasteiger charge is 2.03. The zero-order chi connectivity index (χ0) is 10.4. The topological polar surface area (TPSA) is 17.1 Å². The fraction of sp³-hybridized carbons (Fsp3) is 0.154. The van der Waals surface area contributed by atoms with Crippen LogP contribution in [0.3, 0.4) is 0 Å². The fourth-order valence-corrected chi connectivity index (χ4v) is 1.01. The molecule has 14 heavy (non-hydrogen) atoms. The molecular formula is C13H14O. The number of ketones is 1. The Morgan fingerprint density at radius 1 is 1.36 bits per heavy atom. The van der Waals surface area contributed by atoms with Crippen molar-refractivity contribution in [3.8, 4) is 0 Å². The molecule has 1 unspecified atom stereocenters. The first-order valence-corrected chi connectivity index (χ1v) is 4.63. The lowest BCUT2D eigenvalue weighted by molar-refractivity contribution is -0.116. The quantitative estimate of drug-likeness (QED) is 0.521. The maximum Gasteiger partial charge on any atom is 0.162 e. The molecule has 0 aromatic heterocycles. The predicted octanol–water partition coefficient (Wildman–Crippen LogP) is 3.09. The highest BCUT2D eigenvalue weighted by molar-refractivity contribution is 5.96. The molecule has 1 aromatic carbocycles. The Hall–Kier alpha value is -1.63. The maximum absolute atomic E-state index is 11.4. The van der Waals surface area contributed by atoms with Crippen molar-refractivity contribution in [3.63, 3.8) is 0 Å². The van der Waals surface area contributed by atoms with Crippen molar-refractivity contribution in [1.29, 1.82) is 0 Å². The number of carbonyl (C=O) groups excluding carboxylic acids is 1. The van der Waals surface area contributed by atoms with Gasteiger partial charge in [0.25, 0.3) is 0 Å². The maximum atomic E-state index is 11.4. The molecule has 0 saturated heterocycles. The molecule has 0 spiro atoms. The molecule has 0 N–H and O–H groups in total. The number of hydrogen-bond acceptors (Lipinski definition) is 1. The molecule has 1 rings (SSSR count). The standard InChI is InChI=1S/C13H14O/c1-3-11(2)13(14)10-9-12-7-5-4-6-8-12/h3-11H,1H2,2H3/b10-9+. The van der Waals surface area contributed by atoms with E-state index in [4.69, 9.17) is 0 Å². The van der Waals surface area contributed by atoms with Crippen LogP contribution < -0.4 is 0 Å². The Kier molecular flexibility index (Phi) is 3.86. The van der Waals surface area contributed by atoms with E-state index < -0.39 is 0 Å². The molecule has 1 aromatic rings. The van der Waals surface area contributed by atoms with Gasteiger partial charge in [0.2, 0.25) is 0 Å². The zero-order valence-electron chi connectivity index (χ0n) is 8.31. The van der Waals surface area contributed by atoms with Gasteiger partial charge in [0.1, 0.15) is 0 Å². The van der Waals surface area contributed by atoms with E-state index in [0.29, 0.717) is 0 Å². The van der Waals surface area contributed by atoms with Crippen LogP contribution in [0, 0.1) is 5.92 Å². The molecule has 0 radical (unpaired) electrons. The van der Waals surface area contributed by atoms with Crippen LogP contribution in [0.1, 0.15) is 12.5 Å². The molecule has 0 aliphatic carbocycles. The summed E-state index contributed by atoms with van der Waals surface area (Å²) in [5, 5.41) is 0. The summed E-state index contributed by atoms with van der Waals surface area (Å²) >= 11 is 0. The van der Waals surface area contributed by atoms with Gasteiger partial charge < -0.3 is 0 Å². The minimum atomic E-state index is -0.102. The lowest BCUT2D eigenvalue weighted by atomic mass is 10.1. The highest BCUT2D eigenvalue weighted by atomic mass is 16.1. The van der Waals surface area contributed by atoms with E-state index in [0.717, 1.165) is 5.56 Å². The van der Waals surface area contributed by atoms with Gasteiger partial charge in [0.15, 0.2) is 5.78 Å². The van der Waals surface area contributed by atoms with Crippen molar-refractivity contribution in [2.24, 2.45) is 5.92 Å². The van der Waals surface area contributed by atoms with Crippen LogP contribution in [0.5, 0.6) is 0 Å². The van der Waals surface area contributed by atoms with Crippen molar-refractivity contribution in [3.05, 3.63) is 54.6 Å². The number of allylic oxidation sites excluding steroid dienone is 2. The second kappa shape index (κ2) is 5.18. The molecule has 0 amide bonds. The Balaban J connectivity index is 2.65. The Morgan fingerprint density at radius 3 is 2.57 bits per heavy atom. The van der Waals surface area contributed by atoms with Gasteiger partial charge in [0.05, 0.1) is 0 Å². The van der Waals surface area contributed by atoms with Crippen molar-refractivity contribution >= 4 is 11.9 Å². The van der Waals surface area contributed by atoms with Gasteiger partial charge >= 0.3 is 0 Å². The smallest absolute Gasteiger partial charge is 0.162 e. The first-order valence-electron chi connectivity index (χ1n) is 4.63. The zero-order valence-corrected chi connectivity index (χ0v) is 8.31. The van der Waals surface area contributed by atoms with Gasteiger partial charge in [-0.25, -0.2) is 0 Å². The summed E-state index contributed by atoms with van der Waals surface area (Å²) in [6.07, 6.45) is 5.07. The highest BCUT2D eigenvalue weighted by Crippen LogP contribution is 2.04. The van der Waals surface area contributed by atoms with Gasteiger partial charge in [-0.3, -0.25) is 4.79 Å². The van der Waals surface area contributed by atoms with Crippen molar-refractivity contribution < 1.29 is 4.79 Å². The van der Waals surface area contributed by atoms with E-state index in [1.54, 1.807) is 12.2 Å². The van der Waals surface area contributed by atoms with Crippen molar-refractivity contribution in [2.45, 2.75) is 6.92 Å². The van der Waals surface area contributed by atoms with Gasteiger partial charge in [-0.05, 0) is 11.6 Å². The first kappa shape index (κ1) is 10.5. The molecular weight excluding hydrogens is 172 g/mol. The van der Waals surface area contributed by atoms with E-state index in [1.165, 1.54) is 0 Å². The Labute approximate surface area is 84.8 Å². The van der Waals surface area contributed by atoms with E-state index in [1.807, 2.05) is 43.3 Å². The van der Waals surface area contributed by atoms with Crippen LogP contribution in [-0.2, 0) is 4.79 Å². The minimum Gasteiger partial charge on any atom is -0.294 e. The average molecular weight is 186 g/mol. The third-order valence-corrected chi connectivity index (χ3v) is 2.04. The number of rotatable bonds is 4. The average Bonchev–Trinajstić information content (AvgIpc) is 2.26. The summed E-state index contributed by atoms with van der Waals surface area (Å²) < 4.78 is 0. The van der Waals surface area contributed by atoms with Gasteiger partial charge in [-0.2, -0.15) is 0 Å². The monoisotopic (exact) mass is 186 g/mol. The van der Waals surface area contributed by atoms with E-state index in [-0.39, 0.29) is 11.7 Å². The van der Waals surface area contributed by atoms with E-state index in [2.05, 4.69) is 6.58 Å². The molecule has 0 aliphatic rings. The fourth-order valence-electron chi connectivity index (χ4n) is 1.01. The van der Waals surface area contributed by atoms with Crippen LogP contribution in [0.15, 0.2) is 49.1 Å². The largest absolute Gasteiger partial charge is 0.294 e. The van der Waals surface area contributed by atoms with Crippen LogP contribution >= 0.6 is 0 Å². The summed E-state index contributed by atoms with van der Waals surface area (Å²) in [7, 11) is 0. The molecule has 72 valence electrons. The third-order valence-electron chi connectivity index (χ3n) is 2.04. The van der Waals surface area contributed by atoms with Crippen LogP contribution in [0.2, 0.25) is 0 Å². The Morgan fingerprint density at radius 2 is 2.00 bits per heavy atom. The van der Waals surface area contributed by atoms with E-state index >= 15 is 0 Å². The summed E-state index contributed by atoms with van der Waals surface area (Å²) in [6, 6.07) is 9.76. The lowest BCUT2D eigenvalue weighted by Gasteiger charge is -1.98. The van der Waals surface area contributed by atoms with Crippen LogP contribution in [0.4, 0.5) is 0 Å². The van der Waals surface area contributed by atoms with Gasteiger partial charge in [-0.1, -0.05) is 49.4 Å². The molecule has 1 nitrogen and oxygen atoms in total. The summed E-state index contributed by atoms with van der Waals surface area (Å²) in [5.41, 5.74) is 1.04. The molecule has 0 fully saturated rings. The van der Waals surface area contributed by atoms with Gasteiger partial charge in [0, 0.05) is 5.92 Å². The number of benzene rings is 1. The molecule has 0 bridgehead atoms. The SMILES string of the molecule is C=CC(C)C(=O)/C=C/c1ccccc1. The van der Waals surface area contributed by atoms with E-state index in [9.17, 15) is 4.79 Å². The van der Waals surface area contributed by atoms with Crippen LogP contribution in [0.25, 0.3) is 6.08 Å². The number of hydrogen-bond donors (Lipinski definition) is 0. The minimum absolute atomic E-state index is 0.0869. The Bertz CT molecular complexity index is 336. The summed E-state index contributed by atoms with van der Waals surface area (Å²) in [4.78, 5) is 11.4. The number of carbonyl (C=O) groups is 1. The normalized spacial score (nSPS) is 12.6. The second-order valence-corrected chi connectivity index (χ2v) is 3.17. The molecule has 0 aliphatic heterocycles. The third kappa shape index (κ3) is 3.02. The molecule has 1 atom stereocenters. The molecule has 0 heterocycles. The predicted molar refractivity (Wildman–Crippen MR) is 59.8 cm³/mol. The summed E-state index contributed by atoms with van der Waals surface area (Å²) in [5.74, 6) is -0.0150. The molecule has 1 heteroatoms. The van der Waals surface area contributed by atoms with Crippen molar-refractivity contribution in [2.75, 3.05) is 0 Å². The second-order valence-electron chi connectivity index (χ2n) is 3.17. The summed E-state index contributed by atoms with van der Waals surface area (Å²) in [6.45, 7) is 5.42. The van der Waals surface area contributed by atoms with Gasteiger partial charge in [-0.15, -0.1) is 6.58 Å². The lowest BCUT2D eigenvalue weighted by Crippen LogP contribution is -2.03. The van der Waals surface area contributed by atoms with Crippen LogP contribution in [-0.4, -0.2) is 5.78 Å². The van der Waals surface area contributed by atoms with Crippen molar-refractivity contribution in [1.82, 2.24) is 0 Å². The first-order chi connectivity index (χ1) is 6.74. The molecule has 0 saturated carbocycles.